The fourth-order valence-electron chi connectivity index (χ4n) is 1.10. The van der Waals surface area contributed by atoms with Crippen molar-refractivity contribution in [2.75, 3.05) is 0 Å². The largest absolute Gasteiger partial charge is 0.287 e. The smallest absolute Gasteiger partial charge is 0.269 e. The minimum Gasteiger partial charge on any atom is -0.287 e. The van der Waals surface area contributed by atoms with E-state index in [1.54, 1.807) is 0 Å². The Morgan fingerprint density at radius 2 is 2.27 bits per heavy atom. The summed E-state index contributed by atoms with van der Waals surface area (Å²) in [6.07, 6.45) is 0. The first-order valence-corrected chi connectivity index (χ1v) is 3.90. The Morgan fingerprint density at radius 1 is 1.60 bits per heavy atom. The Kier molecular flexibility index (Phi) is 3.00. The molecule has 0 aliphatic rings. The molecule has 0 aliphatic carbocycles. The SMILES string of the molecule is Cc1cc([N+](=O)[O-])ccc1C(=O)N=[N+]=[N-]. The van der Waals surface area contributed by atoms with E-state index in [-0.39, 0.29) is 11.3 Å². The molecule has 0 N–H and O–H groups in total. The summed E-state index contributed by atoms with van der Waals surface area (Å²) in [6.45, 7) is 1.53. The minimum atomic E-state index is -0.745. The van der Waals surface area contributed by atoms with E-state index in [1.807, 2.05) is 0 Å². The number of carbonyl (C=O) groups excluding carboxylic acids is 1. The van der Waals surface area contributed by atoms with Crippen LogP contribution in [0.15, 0.2) is 23.3 Å². The molecule has 0 atom stereocenters. The highest BCUT2D eigenvalue weighted by molar-refractivity contribution is 5.96. The lowest BCUT2D eigenvalue weighted by atomic mass is 10.1. The van der Waals surface area contributed by atoms with Gasteiger partial charge in [-0.3, -0.25) is 14.9 Å². The summed E-state index contributed by atoms with van der Waals surface area (Å²) in [7, 11) is 0. The van der Waals surface area contributed by atoms with Crippen LogP contribution in [0.5, 0.6) is 0 Å². The molecule has 1 aromatic carbocycles. The van der Waals surface area contributed by atoms with Crippen LogP contribution >= 0.6 is 0 Å². The molecule has 0 bridgehead atoms. The van der Waals surface area contributed by atoms with Gasteiger partial charge in [0.1, 0.15) is 0 Å². The van der Waals surface area contributed by atoms with E-state index in [0.717, 1.165) is 0 Å². The molecule has 0 saturated carbocycles. The highest BCUT2D eigenvalue weighted by atomic mass is 16.6. The van der Waals surface area contributed by atoms with Gasteiger partial charge < -0.3 is 0 Å². The first kappa shape index (κ1) is 10.7. The molecule has 0 fully saturated rings. The predicted molar refractivity (Wildman–Crippen MR) is 51.3 cm³/mol. The standard InChI is InChI=1S/C8H6N4O3/c1-5-4-6(12(14)15)2-3-7(5)8(13)10-11-9/h2-4H,1H3. The van der Waals surface area contributed by atoms with Crippen LogP contribution in [-0.2, 0) is 0 Å². The molecule has 7 nitrogen and oxygen atoms in total. The highest BCUT2D eigenvalue weighted by Gasteiger charge is 2.11. The van der Waals surface area contributed by atoms with Crippen molar-refractivity contribution < 1.29 is 9.72 Å². The molecule has 1 amide bonds. The molecule has 76 valence electrons. The quantitative estimate of drug-likeness (QED) is 0.243. The van der Waals surface area contributed by atoms with Gasteiger partial charge in [-0.15, -0.1) is 0 Å². The monoisotopic (exact) mass is 206 g/mol. The zero-order valence-electron chi connectivity index (χ0n) is 7.75. The van der Waals surface area contributed by atoms with Gasteiger partial charge in [0.2, 0.25) is 5.91 Å². The van der Waals surface area contributed by atoms with Gasteiger partial charge in [-0.25, -0.2) is 0 Å². The molecule has 1 rings (SSSR count). The molecular weight excluding hydrogens is 200 g/mol. The summed E-state index contributed by atoms with van der Waals surface area (Å²) in [4.78, 5) is 23.3. The Hall–Kier alpha value is -2.40. The van der Waals surface area contributed by atoms with E-state index in [9.17, 15) is 14.9 Å². The van der Waals surface area contributed by atoms with E-state index in [4.69, 9.17) is 5.53 Å². The van der Waals surface area contributed by atoms with Crippen LogP contribution in [-0.4, -0.2) is 10.8 Å². The molecule has 0 aliphatic heterocycles. The average molecular weight is 206 g/mol. The summed E-state index contributed by atoms with van der Waals surface area (Å²) < 4.78 is 0. The number of nitrogens with zero attached hydrogens (tertiary/aromatic N) is 4. The molecule has 0 spiro atoms. The van der Waals surface area contributed by atoms with E-state index in [0.29, 0.717) is 5.56 Å². The maximum absolute atomic E-state index is 11.2. The predicted octanol–water partition coefficient (Wildman–Crippen LogP) is 2.35. The fourth-order valence-corrected chi connectivity index (χ4v) is 1.10. The molecule has 0 heterocycles. The number of hydrogen-bond acceptors (Lipinski definition) is 3. The van der Waals surface area contributed by atoms with Gasteiger partial charge >= 0.3 is 0 Å². The van der Waals surface area contributed by atoms with Crippen molar-refractivity contribution >= 4 is 11.6 Å². The van der Waals surface area contributed by atoms with Crippen molar-refractivity contribution in [3.8, 4) is 0 Å². The summed E-state index contributed by atoms with van der Waals surface area (Å²) in [6, 6.07) is 3.71. The first-order chi connectivity index (χ1) is 7.06. The van der Waals surface area contributed by atoms with E-state index in [2.05, 4.69) is 10.0 Å². The number of non-ortho nitro benzene ring substituents is 1. The Morgan fingerprint density at radius 3 is 2.73 bits per heavy atom. The van der Waals surface area contributed by atoms with Crippen molar-refractivity contribution in [3.05, 3.63) is 49.9 Å². The second-order valence-corrected chi connectivity index (χ2v) is 2.75. The van der Waals surface area contributed by atoms with Crippen LogP contribution in [0, 0.1) is 17.0 Å². The Labute approximate surface area is 84.1 Å². The molecule has 15 heavy (non-hydrogen) atoms. The summed E-state index contributed by atoms with van der Waals surface area (Å²) in [5.41, 5.74) is 8.52. The summed E-state index contributed by atoms with van der Waals surface area (Å²) in [5.74, 6) is -0.745. The number of hydrogen-bond donors (Lipinski definition) is 0. The number of nitro groups is 1. The van der Waals surface area contributed by atoms with Crippen LogP contribution < -0.4 is 0 Å². The van der Waals surface area contributed by atoms with Gasteiger partial charge in [0.15, 0.2) is 0 Å². The highest BCUT2D eigenvalue weighted by Crippen LogP contribution is 2.17. The number of amides is 1. The van der Waals surface area contributed by atoms with E-state index in [1.165, 1.54) is 25.1 Å². The average Bonchev–Trinajstić information content (AvgIpc) is 2.17. The van der Waals surface area contributed by atoms with Crippen LogP contribution in [0.4, 0.5) is 5.69 Å². The lowest BCUT2D eigenvalue weighted by Gasteiger charge is -1.99. The Balaban J connectivity index is 3.19. The maximum Gasteiger partial charge on any atom is 0.269 e. The lowest BCUT2D eigenvalue weighted by molar-refractivity contribution is -0.384. The molecular formula is C8H6N4O3. The van der Waals surface area contributed by atoms with Crippen molar-refractivity contribution in [1.29, 1.82) is 0 Å². The number of benzene rings is 1. The number of nitro benzene ring substituents is 1. The third kappa shape index (κ3) is 2.29. The van der Waals surface area contributed by atoms with E-state index >= 15 is 0 Å². The third-order valence-corrected chi connectivity index (χ3v) is 1.79. The number of rotatable bonds is 2. The lowest BCUT2D eigenvalue weighted by Crippen LogP contribution is -1.98. The van der Waals surface area contributed by atoms with Crippen LogP contribution in [0.1, 0.15) is 15.9 Å². The number of azide groups is 1. The van der Waals surface area contributed by atoms with Gasteiger partial charge in [-0.1, -0.05) is 0 Å². The number of aryl methyl sites for hydroxylation is 1. The van der Waals surface area contributed by atoms with Crippen molar-refractivity contribution in [2.24, 2.45) is 5.11 Å². The summed E-state index contributed by atoms with van der Waals surface area (Å²) >= 11 is 0. The van der Waals surface area contributed by atoms with Crippen molar-refractivity contribution in [2.45, 2.75) is 6.92 Å². The van der Waals surface area contributed by atoms with Gasteiger partial charge in [0.05, 0.1) is 4.92 Å². The Bertz CT molecular complexity index is 477. The first-order valence-electron chi connectivity index (χ1n) is 3.90. The zero-order chi connectivity index (χ0) is 11.4. The maximum atomic E-state index is 11.2. The van der Waals surface area contributed by atoms with Gasteiger partial charge in [-0.05, 0) is 29.2 Å². The minimum absolute atomic E-state index is 0.106. The van der Waals surface area contributed by atoms with Crippen molar-refractivity contribution in [3.63, 3.8) is 0 Å². The summed E-state index contributed by atoms with van der Waals surface area (Å²) in [5, 5.41) is 13.3. The zero-order valence-corrected chi connectivity index (χ0v) is 7.75. The molecule has 0 radical (unpaired) electrons. The van der Waals surface area contributed by atoms with Crippen LogP contribution in [0.2, 0.25) is 0 Å². The second-order valence-electron chi connectivity index (χ2n) is 2.75. The van der Waals surface area contributed by atoms with Gasteiger partial charge in [-0.2, -0.15) is 0 Å². The van der Waals surface area contributed by atoms with Gasteiger partial charge in [0.25, 0.3) is 5.69 Å². The third-order valence-electron chi connectivity index (χ3n) is 1.79. The molecule has 0 unspecified atom stereocenters. The molecule has 1 aromatic rings. The topological polar surface area (TPSA) is 109 Å². The normalized spacial score (nSPS) is 9.13. The fraction of sp³-hybridized carbons (Fsp3) is 0.125. The molecule has 0 aromatic heterocycles. The second kappa shape index (κ2) is 4.21. The number of carbonyl (C=O) groups is 1. The van der Waals surface area contributed by atoms with E-state index < -0.39 is 10.8 Å². The van der Waals surface area contributed by atoms with Crippen molar-refractivity contribution in [1.82, 2.24) is 0 Å². The molecule has 0 saturated heterocycles. The molecule has 7 heteroatoms. The van der Waals surface area contributed by atoms with Crippen LogP contribution in [0.3, 0.4) is 0 Å². The van der Waals surface area contributed by atoms with Gasteiger partial charge in [0, 0.05) is 22.6 Å². The van der Waals surface area contributed by atoms with Crippen LogP contribution in [0.25, 0.3) is 10.4 Å².